The monoisotopic (exact) mass is 495 g/mol. The van der Waals surface area contributed by atoms with E-state index in [1.54, 1.807) is 23.1 Å². The molecule has 1 aliphatic carbocycles. The number of nitrogens with one attached hydrogen (secondary N) is 1. The number of hydrogen-bond acceptors (Lipinski definition) is 5. The molecule has 0 aromatic heterocycles. The van der Waals surface area contributed by atoms with E-state index >= 15 is 0 Å². The molecule has 1 unspecified atom stereocenters. The maximum absolute atomic E-state index is 12.3. The van der Waals surface area contributed by atoms with E-state index in [0.29, 0.717) is 30.3 Å². The van der Waals surface area contributed by atoms with Gasteiger partial charge in [0.15, 0.2) is 6.10 Å². The van der Waals surface area contributed by atoms with Crippen molar-refractivity contribution in [2.24, 2.45) is 11.7 Å². The van der Waals surface area contributed by atoms with E-state index in [1.165, 1.54) is 44.1 Å². The molecular weight excluding hydrogens is 458 g/mol. The number of amidine groups is 1. The van der Waals surface area contributed by atoms with Crippen molar-refractivity contribution in [1.29, 1.82) is 5.41 Å². The number of rotatable bonds is 8. The van der Waals surface area contributed by atoms with E-state index in [0.717, 1.165) is 18.6 Å². The summed E-state index contributed by atoms with van der Waals surface area (Å²) in [7, 11) is 0. The van der Waals surface area contributed by atoms with Crippen LogP contribution < -0.4 is 15.4 Å². The molecule has 194 valence electrons. The van der Waals surface area contributed by atoms with Gasteiger partial charge < -0.3 is 20.3 Å². The molecule has 0 bridgehead atoms. The minimum atomic E-state index is -0.833. The maximum atomic E-state index is 12.3. The second kappa shape index (κ2) is 13.0. The summed E-state index contributed by atoms with van der Waals surface area (Å²) < 4.78 is 11.4. The summed E-state index contributed by atoms with van der Waals surface area (Å²) in [6, 6.07) is 15.5. The minimum absolute atomic E-state index is 0.0308. The number of nitrogens with zero attached hydrogens (tertiary/aromatic N) is 1. The van der Waals surface area contributed by atoms with E-state index in [-0.39, 0.29) is 11.9 Å². The Morgan fingerprint density at radius 3 is 2.44 bits per heavy atom. The van der Waals surface area contributed by atoms with Crippen molar-refractivity contribution in [3.05, 3.63) is 59.7 Å². The number of carboxylic acids is 1. The van der Waals surface area contributed by atoms with Crippen LogP contribution in [0.5, 0.6) is 5.75 Å². The van der Waals surface area contributed by atoms with Crippen molar-refractivity contribution < 1.29 is 24.2 Å². The molecule has 2 aromatic rings. The quantitative estimate of drug-likeness (QED) is 0.326. The van der Waals surface area contributed by atoms with Crippen molar-refractivity contribution in [2.45, 2.75) is 64.4 Å². The molecule has 2 aliphatic rings. The van der Waals surface area contributed by atoms with Gasteiger partial charge in [-0.2, -0.15) is 0 Å². The van der Waals surface area contributed by atoms with Crippen LogP contribution in [0, 0.1) is 11.3 Å². The molecule has 36 heavy (non-hydrogen) atoms. The molecule has 2 aromatic carbocycles. The van der Waals surface area contributed by atoms with Gasteiger partial charge in [-0.25, -0.2) is 4.79 Å². The summed E-state index contributed by atoms with van der Waals surface area (Å²) in [6.07, 6.45) is 7.15. The van der Waals surface area contributed by atoms with E-state index in [9.17, 15) is 4.79 Å². The van der Waals surface area contributed by atoms with Crippen LogP contribution in [0.3, 0.4) is 0 Å². The predicted molar refractivity (Wildman–Crippen MR) is 140 cm³/mol. The van der Waals surface area contributed by atoms with Gasteiger partial charge in [0.2, 0.25) is 0 Å². The first-order valence-corrected chi connectivity index (χ1v) is 12.6. The molecule has 1 atom stereocenters. The minimum Gasteiger partial charge on any atom is -0.490 e. The van der Waals surface area contributed by atoms with Crippen LogP contribution in [-0.4, -0.2) is 42.3 Å². The maximum Gasteiger partial charge on any atom is 0.414 e. The Kier molecular flexibility index (Phi) is 9.73. The van der Waals surface area contributed by atoms with Gasteiger partial charge in [-0.1, -0.05) is 44.0 Å². The second-order valence-electron chi connectivity index (χ2n) is 9.49. The summed E-state index contributed by atoms with van der Waals surface area (Å²) in [5.74, 6) is 1.50. The van der Waals surface area contributed by atoms with Crippen LogP contribution in [0.2, 0.25) is 0 Å². The highest BCUT2D eigenvalue weighted by atomic mass is 16.6. The first-order chi connectivity index (χ1) is 17.3. The number of carboxylic acid groups (broad SMARTS) is 1. The molecule has 0 spiro atoms. The topological polar surface area (TPSA) is 126 Å². The average molecular weight is 496 g/mol. The normalized spacial score (nSPS) is 21.2. The molecule has 1 saturated carbocycles. The lowest BCUT2D eigenvalue weighted by Gasteiger charge is -2.28. The Morgan fingerprint density at radius 2 is 1.83 bits per heavy atom. The van der Waals surface area contributed by atoms with Crippen molar-refractivity contribution in [3.8, 4) is 5.75 Å². The van der Waals surface area contributed by atoms with Crippen molar-refractivity contribution in [3.63, 3.8) is 0 Å². The summed E-state index contributed by atoms with van der Waals surface area (Å²) >= 11 is 0. The number of aliphatic carboxylic acids is 1. The Balaban J connectivity index is 0.000000840. The Bertz CT molecular complexity index is 1030. The first-order valence-electron chi connectivity index (χ1n) is 12.6. The molecule has 8 nitrogen and oxygen atoms in total. The SMILES string of the molecule is CC(=O)O.CCCC1CCC(c2ccc(OCC3CN(c4cccc(C(=N)N)c4)C(=O)O3)cc2)CC1. The third-order valence-electron chi connectivity index (χ3n) is 6.67. The van der Waals surface area contributed by atoms with Crippen molar-refractivity contribution in [1.82, 2.24) is 0 Å². The molecule has 1 amide bonds. The van der Waals surface area contributed by atoms with E-state index in [2.05, 4.69) is 19.1 Å². The number of nitrogen functional groups attached to an aromatic ring is 1. The smallest absolute Gasteiger partial charge is 0.414 e. The van der Waals surface area contributed by atoms with Crippen LogP contribution in [-0.2, 0) is 9.53 Å². The number of cyclic esters (lactones) is 1. The fraction of sp³-hybridized carbons (Fsp3) is 0.464. The van der Waals surface area contributed by atoms with Gasteiger partial charge >= 0.3 is 6.09 Å². The number of anilines is 1. The summed E-state index contributed by atoms with van der Waals surface area (Å²) in [6.45, 7) is 4.07. The zero-order valence-electron chi connectivity index (χ0n) is 21.1. The van der Waals surface area contributed by atoms with Gasteiger partial charge in [-0.3, -0.25) is 15.1 Å². The zero-order valence-corrected chi connectivity index (χ0v) is 21.1. The molecule has 1 aliphatic heterocycles. The number of hydrogen-bond donors (Lipinski definition) is 3. The third-order valence-corrected chi connectivity index (χ3v) is 6.67. The Morgan fingerprint density at radius 1 is 1.17 bits per heavy atom. The van der Waals surface area contributed by atoms with Gasteiger partial charge in [-0.05, 0) is 67.3 Å². The van der Waals surface area contributed by atoms with Gasteiger partial charge in [0.05, 0.1) is 6.54 Å². The third kappa shape index (κ3) is 7.73. The van der Waals surface area contributed by atoms with Crippen LogP contribution in [0.4, 0.5) is 10.5 Å². The molecule has 1 heterocycles. The average Bonchev–Trinajstić information content (AvgIpc) is 3.24. The van der Waals surface area contributed by atoms with Crippen LogP contribution in [0.25, 0.3) is 0 Å². The number of benzene rings is 2. The van der Waals surface area contributed by atoms with Crippen molar-refractivity contribution >= 4 is 23.6 Å². The fourth-order valence-corrected chi connectivity index (χ4v) is 4.88. The Hall–Kier alpha value is -3.55. The molecule has 4 N–H and O–H groups in total. The molecule has 0 radical (unpaired) electrons. The number of carbonyl (C=O) groups is 2. The van der Waals surface area contributed by atoms with E-state index < -0.39 is 12.1 Å². The summed E-state index contributed by atoms with van der Waals surface area (Å²) in [4.78, 5) is 22.9. The lowest BCUT2D eigenvalue weighted by molar-refractivity contribution is -0.134. The number of amides is 1. The van der Waals surface area contributed by atoms with E-state index in [1.807, 2.05) is 18.2 Å². The first kappa shape index (κ1) is 27.0. The largest absolute Gasteiger partial charge is 0.490 e. The molecule has 1 saturated heterocycles. The molecular formula is C28H37N3O5. The lowest BCUT2D eigenvalue weighted by atomic mass is 9.77. The number of ether oxygens (including phenoxy) is 2. The lowest BCUT2D eigenvalue weighted by Crippen LogP contribution is -2.27. The highest BCUT2D eigenvalue weighted by Crippen LogP contribution is 2.37. The molecule has 4 rings (SSSR count). The highest BCUT2D eigenvalue weighted by Gasteiger charge is 2.33. The highest BCUT2D eigenvalue weighted by molar-refractivity contribution is 5.97. The van der Waals surface area contributed by atoms with Crippen molar-refractivity contribution in [2.75, 3.05) is 18.1 Å². The van der Waals surface area contributed by atoms with Gasteiger partial charge in [-0.15, -0.1) is 0 Å². The predicted octanol–water partition coefficient (Wildman–Crippen LogP) is 5.54. The van der Waals surface area contributed by atoms with Gasteiger partial charge in [0.1, 0.15) is 18.2 Å². The van der Waals surface area contributed by atoms with Crippen LogP contribution >= 0.6 is 0 Å². The fourth-order valence-electron chi connectivity index (χ4n) is 4.88. The van der Waals surface area contributed by atoms with E-state index in [4.69, 9.17) is 30.5 Å². The Labute approximate surface area is 212 Å². The summed E-state index contributed by atoms with van der Waals surface area (Å²) in [5.41, 5.74) is 8.21. The van der Waals surface area contributed by atoms with Crippen LogP contribution in [0.15, 0.2) is 48.5 Å². The second-order valence-corrected chi connectivity index (χ2v) is 9.49. The molecule has 2 fully saturated rings. The van der Waals surface area contributed by atoms with Crippen LogP contribution in [0.1, 0.15) is 69.4 Å². The number of carbonyl (C=O) groups excluding carboxylic acids is 1. The summed E-state index contributed by atoms with van der Waals surface area (Å²) in [5, 5.41) is 15.0. The number of nitrogens with two attached hydrogens (primary N) is 1. The standard InChI is InChI=1S/C26H33N3O3.C2H4O2/c1-2-4-18-7-9-19(10-8-18)20-11-13-23(14-12-20)31-17-24-16-29(26(30)32-24)22-6-3-5-21(15-22)25(27)28;1-2(3)4/h3,5-6,11-15,18-19,24H,2,4,7-10,16-17H2,1H3,(H3,27,28);1H3,(H,3,4). The van der Waals surface area contributed by atoms with Gasteiger partial charge in [0.25, 0.3) is 5.97 Å². The zero-order chi connectivity index (χ0) is 26.1. The molecule has 8 heteroatoms. The van der Waals surface area contributed by atoms with Gasteiger partial charge in [0, 0.05) is 18.2 Å².